The summed E-state index contributed by atoms with van der Waals surface area (Å²) >= 11 is 0. The Kier molecular flexibility index (Phi) is 4.15. The van der Waals surface area contributed by atoms with Gasteiger partial charge in [0.2, 0.25) is 0 Å². The predicted octanol–water partition coefficient (Wildman–Crippen LogP) is 13.0. The lowest BCUT2D eigenvalue weighted by atomic mass is 9.97. The molecule has 0 heterocycles. The summed E-state index contributed by atoms with van der Waals surface area (Å²) in [5, 5.41) is 1.99. The molecule has 0 aliphatic carbocycles. The van der Waals surface area contributed by atoms with E-state index >= 15 is 0 Å². The van der Waals surface area contributed by atoms with Crippen molar-refractivity contribution in [2.24, 2.45) is 0 Å². The second kappa shape index (κ2) is 12.7. The van der Waals surface area contributed by atoms with Gasteiger partial charge in [-0.15, -0.1) is 0 Å². The smallest absolute Gasteiger partial charge is 0.0645 e. The fraction of sp³-hybridized carbons (Fsp3) is 0. The molecule has 47 heavy (non-hydrogen) atoms. The molecule has 222 valence electrons. The quantitative estimate of drug-likeness (QED) is 0.172. The van der Waals surface area contributed by atoms with E-state index in [-0.39, 0.29) is 11.1 Å². The molecule has 0 aliphatic rings. The molecule has 8 aromatic carbocycles. The predicted molar refractivity (Wildman–Crippen MR) is 200 cm³/mol. The van der Waals surface area contributed by atoms with Crippen molar-refractivity contribution in [3.05, 3.63) is 200 Å². The van der Waals surface area contributed by atoms with Gasteiger partial charge in [0.25, 0.3) is 0 Å². The Morgan fingerprint density at radius 3 is 1.36 bits per heavy atom. The zero-order valence-electron chi connectivity index (χ0n) is 41.7. The van der Waals surface area contributed by atoms with Gasteiger partial charge in [-0.3, -0.25) is 0 Å². The van der Waals surface area contributed by atoms with Crippen LogP contribution in [0.2, 0.25) is 0 Å². The lowest BCUT2D eigenvalue weighted by Gasteiger charge is -2.26. The fourth-order valence-corrected chi connectivity index (χ4v) is 5.21. The summed E-state index contributed by atoms with van der Waals surface area (Å²) in [5.74, 6) is 0. The first-order valence-corrected chi connectivity index (χ1v) is 14.7. The standard InChI is InChI=1S/C46H33N/c1-3-10-34(11-4-1)37-20-26-44(27-21-37)47(45-28-22-38(23-29-45)35-12-5-2-6-13-35)46-30-24-39(25-31-46)41-16-9-17-42(32-41)43-19-18-36-14-7-8-15-40(36)33-43/h1-33H/i1D,3D,4D,10D,11D,20D,21D,22D,23D,24D,25D,26D,27D,28D,29D,30D,31D. The van der Waals surface area contributed by atoms with Crippen LogP contribution in [0.1, 0.15) is 23.3 Å². The Morgan fingerprint density at radius 2 is 0.745 bits per heavy atom. The van der Waals surface area contributed by atoms with Crippen LogP contribution < -0.4 is 4.90 Å². The number of fused-ring (bicyclic) bond motifs is 1. The largest absolute Gasteiger partial charge is 0.311 e. The van der Waals surface area contributed by atoms with Crippen molar-refractivity contribution in [2.75, 3.05) is 4.90 Å². The average Bonchev–Trinajstić information content (AvgIpc) is 3.29. The van der Waals surface area contributed by atoms with Crippen molar-refractivity contribution >= 4 is 27.8 Å². The molecule has 0 N–H and O–H groups in total. The molecule has 0 amide bonds. The van der Waals surface area contributed by atoms with Gasteiger partial charge in [0.05, 0.1) is 23.3 Å². The number of anilines is 3. The van der Waals surface area contributed by atoms with Crippen molar-refractivity contribution < 1.29 is 23.3 Å². The van der Waals surface area contributed by atoms with Gasteiger partial charge in [0.1, 0.15) is 0 Å². The van der Waals surface area contributed by atoms with Crippen LogP contribution in [0.3, 0.4) is 0 Å². The highest BCUT2D eigenvalue weighted by molar-refractivity contribution is 5.88. The Bertz CT molecular complexity index is 3140. The third-order valence-corrected chi connectivity index (χ3v) is 7.55. The van der Waals surface area contributed by atoms with E-state index in [1.807, 2.05) is 48.5 Å². The number of benzene rings is 8. The SMILES string of the molecule is [2H]c1c([2H])c([2H])c(-c2c([2H])c([2H])c(N(c3c([2H])c([2H])c(-c4ccccc4)c([2H])c3[2H])c3c([2H])c([2H])c(-c4cccc(-c5ccc6ccccc6c5)c4)c([2H])c3[2H])c([2H])c2[2H])c([2H])c1[2H]. The van der Waals surface area contributed by atoms with Gasteiger partial charge < -0.3 is 4.90 Å². The molecule has 1 nitrogen and oxygen atoms in total. The average molecular weight is 617 g/mol. The summed E-state index contributed by atoms with van der Waals surface area (Å²) in [6.07, 6.45) is 0. The number of hydrogen-bond acceptors (Lipinski definition) is 1. The van der Waals surface area contributed by atoms with Gasteiger partial charge in [-0.25, -0.2) is 0 Å². The molecule has 1 heteroatoms. The van der Waals surface area contributed by atoms with Crippen LogP contribution >= 0.6 is 0 Å². The van der Waals surface area contributed by atoms with Crippen molar-refractivity contribution in [3.63, 3.8) is 0 Å². The van der Waals surface area contributed by atoms with Gasteiger partial charge in [-0.1, -0.05) is 151 Å². The zero-order valence-corrected chi connectivity index (χ0v) is 24.7. The summed E-state index contributed by atoms with van der Waals surface area (Å²) < 4.78 is 153. The monoisotopic (exact) mass is 616 g/mol. The highest BCUT2D eigenvalue weighted by atomic mass is 15.1. The maximum Gasteiger partial charge on any atom is 0.0645 e. The summed E-state index contributed by atoms with van der Waals surface area (Å²) in [7, 11) is 0. The van der Waals surface area contributed by atoms with Crippen LogP contribution in [0.4, 0.5) is 17.1 Å². The van der Waals surface area contributed by atoms with E-state index in [0.717, 1.165) is 16.3 Å². The number of hydrogen-bond donors (Lipinski definition) is 0. The fourth-order valence-electron chi connectivity index (χ4n) is 5.21. The molecule has 0 aliphatic heterocycles. The lowest BCUT2D eigenvalue weighted by molar-refractivity contribution is 1.28. The van der Waals surface area contributed by atoms with E-state index in [2.05, 4.69) is 0 Å². The minimum atomic E-state index is -0.976. The minimum Gasteiger partial charge on any atom is -0.311 e. The highest BCUT2D eigenvalue weighted by Crippen LogP contribution is 2.38. The maximum atomic E-state index is 9.46. The third kappa shape index (κ3) is 5.95. The molecule has 0 bridgehead atoms. The third-order valence-electron chi connectivity index (χ3n) is 7.55. The minimum absolute atomic E-state index is 0.128. The van der Waals surface area contributed by atoms with Gasteiger partial charge in [0.15, 0.2) is 0 Å². The molecule has 0 spiro atoms. The van der Waals surface area contributed by atoms with Crippen LogP contribution in [0.25, 0.3) is 55.3 Å². The summed E-state index contributed by atoms with van der Waals surface area (Å²) in [5.41, 5.74) is -1.74. The number of rotatable bonds is 7. The second-order valence-corrected chi connectivity index (χ2v) is 10.5. The van der Waals surface area contributed by atoms with Crippen molar-refractivity contribution in [1.29, 1.82) is 0 Å². The topological polar surface area (TPSA) is 3.24 Å². The Morgan fingerprint density at radius 1 is 0.298 bits per heavy atom. The first kappa shape index (κ1) is 15.4. The molecule has 0 saturated carbocycles. The molecule has 8 aromatic rings. The maximum absolute atomic E-state index is 9.46. The van der Waals surface area contributed by atoms with Gasteiger partial charge in [-0.2, -0.15) is 0 Å². The van der Waals surface area contributed by atoms with Crippen LogP contribution in [0.5, 0.6) is 0 Å². The van der Waals surface area contributed by atoms with E-state index < -0.39 is 131 Å². The molecule has 0 fully saturated rings. The highest BCUT2D eigenvalue weighted by Gasteiger charge is 2.14. The molecule has 8 rings (SSSR count). The summed E-state index contributed by atoms with van der Waals surface area (Å²) in [6, 6.07) is 15.2. The molecule has 0 saturated heterocycles. The van der Waals surface area contributed by atoms with Crippen LogP contribution in [0, 0.1) is 0 Å². The van der Waals surface area contributed by atoms with E-state index in [1.165, 1.54) is 0 Å². The molecular weight excluding hydrogens is 567 g/mol. The number of nitrogens with zero attached hydrogens (tertiary/aromatic N) is 1. The Hall–Kier alpha value is -6.18. The van der Waals surface area contributed by atoms with E-state index in [4.69, 9.17) is 12.3 Å². The Labute approximate surface area is 300 Å². The molecule has 0 aromatic heterocycles. The zero-order chi connectivity index (χ0) is 46.2. The first-order chi connectivity index (χ1) is 30.4. The van der Waals surface area contributed by atoms with Gasteiger partial charge in [0, 0.05) is 17.1 Å². The van der Waals surface area contributed by atoms with Crippen molar-refractivity contribution in [2.45, 2.75) is 0 Å². The normalized spacial score (nSPS) is 16.0. The van der Waals surface area contributed by atoms with Crippen LogP contribution in [0.15, 0.2) is 200 Å². The van der Waals surface area contributed by atoms with E-state index in [9.17, 15) is 11.0 Å². The van der Waals surface area contributed by atoms with Crippen molar-refractivity contribution in [1.82, 2.24) is 0 Å². The van der Waals surface area contributed by atoms with Crippen LogP contribution in [-0.2, 0) is 0 Å². The van der Waals surface area contributed by atoms with Gasteiger partial charge >= 0.3 is 0 Å². The molecule has 0 unspecified atom stereocenters. The summed E-state index contributed by atoms with van der Waals surface area (Å²) in [4.78, 5) is 0.665. The summed E-state index contributed by atoms with van der Waals surface area (Å²) in [6.45, 7) is 0. The van der Waals surface area contributed by atoms with E-state index in [1.54, 1.807) is 48.5 Å². The van der Waals surface area contributed by atoms with Crippen molar-refractivity contribution in [3.8, 4) is 44.5 Å². The molecule has 0 atom stereocenters. The molecule has 0 radical (unpaired) electrons. The first-order valence-electron chi connectivity index (χ1n) is 23.2. The molecular formula is C46H33N. The second-order valence-electron chi connectivity index (χ2n) is 10.5. The van der Waals surface area contributed by atoms with E-state index in [0.29, 0.717) is 21.6 Å². The Balaban J connectivity index is 1.43. The lowest BCUT2D eigenvalue weighted by Crippen LogP contribution is -2.09. The van der Waals surface area contributed by atoms with Crippen LogP contribution in [-0.4, -0.2) is 0 Å². The van der Waals surface area contributed by atoms with Gasteiger partial charge in [-0.05, 0) is 104 Å².